The van der Waals surface area contributed by atoms with Gasteiger partial charge in [0.1, 0.15) is 17.3 Å². The van der Waals surface area contributed by atoms with Crippen molar-refractivity contribution in [1.82, 2.24) is 0 Å². The van der Waals surface area contributed by atoms with Crippen LogP contribution in [0.25, 0.3) is 0 Å². The molecule has 0 radical (unpaired) electrons. The summed E-state index contributed by atoms with van der Waals surface area (Å²) in [7, 11) is 0. The van der Waals surface area contributed by atoms with Crippen LogP contribution in [0.2, 0.25) is 0 Å². The Morgan fingerprint density at radius 1 is 1.11 bits per heavy atom. The summed E-state index contributed by atoms with van der Waals surface area (Å²) in [5, 5.41) is 0. The predicted octanol–water partition coefficient (Wildman–Crippen LogP) is 4.24. The van der Waals surface area contributed by atoms with Gasteiger partial charge in [-0.1, -0.05) is 15.9 Å². The first kappa shape index (κ1) is 14.0. The summed E-state index contributed by atoms with van der Waals surface area (Å²) in [6.07, 6.45) is 0. The Morgan fingerprint density at radius 2 is 1.84 bits per heavy atom. The van der Waals surface area contributed by atoms with Crippen molar-refractivity contribution in [2.45, 2.75) is 0 Å². The Bertz CT molecular complexity index is 647. The van der Waals surface area contributed by atoms with Gasteiger partial charge in [0.15, 0.2) is 0 Å². The summed E-state index contributed by atoms with van der Waals surface area (Å²) >= 11 is 6.52. The second kappa shape index (κ2) is 5.71. The van der Waals surface area contributed by atoms with E-state index in [0.29, 0.717) is 4.47 Å². The maximum atomic E-state index is 13.2. The van der Waals surface area contributed by atoms with Gasteiger partial charge in [-0.25, -0.2) is 4.39 Å². The number of rotatable bonds is 3. The number of ether oxygens (including phenoxy) is 1. The van der Waals surface area contributed by atoms with E-state index in [0.717, 1.165) is 4.47 Å². The molecule has 2 rings (SSSR count). The van der Waals surface area contributed by atoms with Gasteiger partial charge in [-0.3, -0.25) is 4.79 Å². The molecule has 3 nitrogen and oxygen atoms in total. The fraction of sp³-hybridized carbons (Fsp3) is 0. The summed E-state index contributed by atoms with van der Waals surface area (Å²) in [6.45, 7) is 0. The van der Waals surface area contributed by atoms with Crippen LogP contribution < -0.4 is 10.5 Å². The Hall–Kier alpha value is -1.40. The minimum absolute atomic E-state index is 0.222. The van der Waals surface area contributed by atoms with Crippen molar-refractivity contribution < 1.29 is 13.9 Å². The third-order valence-electron chi connectivity index (χ3n) is 2.32. The molecule has 2 aromatic rings. The van der Waals surface area contributed by atoms with Crippen molar-refractivity contribution in [3.05, 3.63) is 56.7 Å². The molecule has 0 bridgehead atoms. The molecule has 98 valence electrons. The van der Waals surface area contributed by atoms with Gasteiger partial charge < -0.3 is 10.5 Å². The van der Waals surface area contributed by atoms with Crippen LogP contribution >= 0.6 is 31.9 Å². The summed E-state index contributed by atoms with van der Waals surface area (Å²) in [4.78, 5) is 11.3. The first-order valence-electron chi connectivity index (χ1n) is 5.19. The largest absolute Gasteiger partial charge is 0.455 e. The number of carbonyl (C=O) groups is 1. The van der Waals surface area contributed by atoms with Crippen molar-refractivity contribution >= 4 is 37.8 Å². The van der Waals surface area contributed by atoms with E-state index in [9.17, 15) is 9.18 Å². The lowest BCUT2D eigenvalue weighted by Crippen LogP contribution is -2.12. The minimum Gasteiger partial charge on any atom is -0.455 e. The molecule has 0 aliphatic carbocycles. The average molecular weight is 389 g/mol. The van der Waals surface area contributed by atoms with Crippen LogP contribution in [0.1, 0.15) is 10.4 Å². The maximum Gasteiger partial charge on any atom is 0.252 e. The van der Waals surface area contributed by atoms with Crippen LogP contribution in [0, 0.1) is 5.82 Å². The number of halogens is 3. The zero-order valence-electron chi connectivity index (χ0n) is 9.49. The summed E-state index contributed by atoms with van der Waals surface area (Å²) < 4.78 is 20.0. The van der Waals surface area contributed by atoms with E-state index in [1.807, 2.05) is 0 Å². The van der Waals surface area contributed by atoms with Gasteiger partial charge in [-0.05, 0) is 46.3 Å². The number of nitrogens with two attached hydrogens (primary N) is 1. The predicted molar refractivity (Wildman–Crippen MR) is 76.8 cm³/mol. The molecule has 0 aliphatic heterocycles. The lowest BCUT2D eigenvalue weighted by molar-refractivity contribution is 0.0998. The van der Waals surface area contributed by atoms with E-state index < -0.39 is 11.7 Å². The molecule has 2 N–H and O–H groups in total. The van der Waals surface area contributed by atoms with Gasteiger partial charge in [-0.2, -0.15) is 0 Å². The molecular formula is C13H8Br2FNO2. The van der Waals surface area contributed by atoms with Gasteiger partial charge in [0.05, 0.1) is 10.0 Å². The Kier molecular flexibility index (Phi) is 4.21. The lowest BCUT2D eigenvalue weighted by atomic mass is 10.2. The zero-order valence-corrected chi connectivity index (χ0v) is 12.7. The van der Waals surface area contributed by atoms with E-state index in [1.165, 1.54) is 24.3 Å². The molecule has 1 amide bonds. The third kappa shape index (κ3) is 3.33. The van der Waals surface area contributed by atoms with Crippen molar-refractivity contribution in [3.8, 4) is 11.5 Å². The highest BCUT2D eigenvalue weighted by molar-refractivity contribution is 9.10. The molecule has 0 aromatic heterocycles. The van der Waals surface area contributed by atoms with Gasteiger partial charge in [-0.15, -0.1) is 0 Å². The monoisotopic (exact) mass is 387 g/mol. The molecular weight excluding hydrogens is 381 g/mol. The van der Waals surface area contributed by atoms with Crippen molar-refractivity contribution in [2.75, 3.05) is 0 Å². The van der Waals surface area contributed by atoms with Crippen LogP contribution in [-0.4, -0.2) is 5.91 Å². The normalized spacial score (nSPS) is 10.3. The highest BCUT2D eigenvalue weighted by Gasteiger charge is 2.12. The molecule has 0 atom stereocenters. The van der Waals surface area contributed by atoms with E-state index in [1.54, 1.807) is 12.1 Å². The van der Waals surface area contributed by atoms with E-state index in [-0.39, 0.29) is 17.1 Å². The second-order valence-electron chi connectivity index (χ2n) is 3.68. The SMILES string of the molecule is NC(=O)c1ccc(Br)cc1Oc1cc(F)ccc1Br. The number of primary amides is 1. The molecule has 0 heterocycles. The Labute approximate surface area is 125 Å². The van der Waals surface area contributed by atoms with Crippen LogP contribution in [0.5, 0.6) is 11.5 Å². The fourth-order valence-corrected chi connectivity index (χ4v) is 2.13. The molecule has 0 aliphatic rings. The average Bonchev–Trinajstić information content (AvgIpc) is 2.33. The van der Waals surface area contributed by atoms with Crippen LogP contribution in [-0.2, 0) is 0 Å². The summed E-state index contributed by atoms with van der Waals surface area (Å²) in [5.41, 5.74) is 5.49. The van der Waals surface area contributed by atoms with Gasteiger partial charge >= 0.3 is 0 Å². The topological polar surface area (TPSA) is 52.3 Å². The molecule has 0 saturated carbocycles. The summed E-state index contributed by atoms with van der Waals surface area (Å²) in [6, 6.07) is 8.84. The molecule has 0 unspecified atom stereocenters. The molecule has 6 heteroatoms. The minimum atomic E-state index is -0.616. The number of hydrogen-bond donors (Lipinski definition) is 1. The second-order valence-corrected chi connectivity index (χ2v) is 5.45. The summed E-state index contributed by atoms with van der Waals surface area (Å²) in [5.74, 6) is -0.530. The highest BCUT2D eigenvalue weighted by atomic mass is 79.9. The van der Waals surface area contributed by atoms with Crippen molar-refractivity contribution in [3.63, 3.8) is 0 Å². The molecule has 19 heavy (non-hydrogen) atoms. The van der Waals surface area contributed by atoms with Crippen LogP contribution in [0.3, 0.4) is 0 Å². The smallest absolute Gasteiger partial charge is 0.252 e. The maximum absolute atomic E-state index is 13.2. The number of carbonyl (C=O) groups excluding carboxylic acids is 1. The van der Waals surface area contributed by atoms with E-state index >= 15 is 0 Å². The molecule has 0 saturated heterocycles. The Morgan fingerprint density at radius 3 is 2.53 bits per heavy atom. The van der Waals surface area contributed by atoms with Gasteiger partial charge in [0, 0.05) is 10.5 Å². The third-order valence-corrected chi connectivity index (χ3v) is 3.47. The molecule has 0 spiro atoms. The first-order chi connectivity index (χ1) is 8.97. The van der Waals surface area contributed by atoms with E-state index in [2.05, 4.69) is 31.9 Å². The highest BCUT2D eigenvalue weighted by Crippen LogP contribution is 2.33. The van der Waals surface area contributed by atoms with E-state index in [4.69, 9.17) is 10.5 Å². The first-order valence-corrected chi connectivity index (χ1v) is 6.78. The number of benzene rings is 2. The fourth-order valence-electron chi connectivity index (χ4n) is 1.46. The molecule has 0 fully saturated rings. The van der Waals surface area contributed by atoms with Crippen LogP contribution in [0.4, 0.5) is 4.39 Å². The lowest BCUT2D eigenvalue weighted by Gasteiger charge is -2.11. The number of hydrogen-bond acceptors (Lipinski definition) is 2. The van der Waals surface area contributed by atoms with Gasteiger partial charge in [0.25, 0.3) is 5.91 Å². The Balaban J connectivity index is 2.45. The standard InChI is InChI=1S/C13H8Br2FNO2/c14-7-1-3-9(13(17)18)11(5-7)19-12-6-8(16)2-4-10(12)15/h1-6H,(H2,17,18). The molecule has 2 aromatic carbocycles. The van der Waals surface area contributed by atoms with Gasteiger partial charge in [0.2, 0.25) is 0 Å². The quantitative estimate of drug-likeness (QED) is 0.854. The van der Waals surface area contributed by atoms with Crippen molar-refractivity contribution in [2.24, 2.45) is 5.73 Å². The number of amides is 1. The zero-order chi connectivity index (χ0) is 14.0. The van der Waals surface area contributed by atoms with Crippen molar-refractivity contribution in [1.29, 1.82) is 0 Å². The van der Waals surface area contributed by atoms with Crippen LogP contribution in [0.15, 0.2) is 45.3 Å².